The van der Waals surface area contributed by atoms with Crippen molar-refractivity contribution in [2.24, 2.45) is 11.8 Å². The van der Waals surface area contributed by atoms with E-state index in [9.17, 15) is 9.59 Å². The van der Waals surface area contributed by atoms with Crippen LogP contribution in [0.3, 0.4) is 0 Å². The molecular formula is C21H28ClNO4. The first-order valence-electron chi connectivity index (χ1n) is 9.35. The molecule has 0 aromatic heterocycles. The molecule has 0 heterocycles. The molecular weight excluding hydrogens is 366 g/mol. The lowest BCUT2D eigenvalue weighted by molar-refractivity contribution is -0.145. The van der Waals surface area contributed by atoms with Crippen molar-refractivity contribution < 1.29 is 19.1 Å². The molecule has 1 saturated carbocycles. The van der Waals surface area contributed by atoms with Crippen LogP contribution in [0.15, 0.2) is 24.5 Å². The van der Waals surface area contributed by atoms with Crippen LogP contribution in [0.2, 0.25) is 5.02 Å². The fraction of sp³-hybridized carbons (Fsp3) is 0.524. The Bertz CT molecular complexity index is 727. The van der Waals surface area contributed by atoms with Gasteiger partial charge in [-0.1, -0.05) is 32.0 Å². The summed E-state index contributed by atoms with van der Waals surface area (Å²) in [5.41, 5.74) is 1.20. The van der Waals surface area contributed by atoms with E-state index in [0.29, 0.717) is 41.7 Å². The Morgan fingerprint density at radius 1 is 1.26 bits per heavy atom. The second-order valence-electron chi connectivity index (χ2n) is 6.89. The Kier molecular flexibility index (Phi) is 7.45. The predicted octanol–water partition coefficient (Wildman–Crippen LogP) is 4.26. The molecule has 1 aliphatic carbocycles. The zero-order chi connectivity index (χ0) is 20.1. The minimum atomic E-state index is -0.361. The van der Waals surface area contributed by atoms with E-state index in [-0.39, 0.29) is 23.6 Å². The number of hydrogen-bond acceptors (Lipinski definition) is 5. The van der Waals surface area contributed by atoms with Crippen LogP contribution in [0.5, 0.6) is 5.75 Å². The van der Waals surface area contributed by atoms with Gasteiger partial charge in [0, 0.05) is 28.6 Å². The molecule has 0 spiro atoms. The minimum Gasteiger partial charge on any atom is -0.464 e. The molecule has 0 saturated heterocycles. The van der Waals surface area contributed by atoms with Crippen molar-refractivity contribution >= 4 is 23.4 Å². The van der Waals surface area contributed by atoms with Gasteiger partial charge >= 0.3 is 5.97 Å². The average Bonchev–Trinajstić information content (AvgIpc) is 3.42. The first-order valence-corrected chi connectivity index (χ1v) is 9.72. The van der Waals surface area contributed by atoms with Gasteiger partial charge in [-0.2, -0.15) is 0 Å². The quantitative estimate of drug-likeness (QED) is 0.337. The van der Waals surface area contributed by atoms with Crippen LogP contribution in [0.1, 0.15) is 43.1 Å². The van der Waals surface area contributed by atoms with E-state index in [1.165, 1.54) is 0 Å². The lowest BCUT2D eigenvalue weighted by atomic mass is 10.0. The number of rotatable bonds is 10. The monoisotopic (exact) mass is 393 g/mol. The van der Waals surface area contributed by atoms with E-state index >= 15 is 0 Å². The largest absolute Gasteiger partial charge is 0.464 e. The number of benzene rings is 1. The number of ether oxygens (including phenoxy) is 2. The van der Waals surface area contributed by atoms with Crippen LogP contribution in [0.4, 0.5) is 0 Å². The molecule has 0 N–H and O–H groups in total. The summed E-state index contributed by atoms with van der Waals surface area (Å²) in [6, 6.07) is 3.30. The van der Waals surface area contributed by atoms with Gasteiger partial charge in [-0.05, 0) is 45.5 Å². The van der Waals surface area contributed by atoms with Crippen LogP contribution in [-0.4, -0.2) is 42.9 Å². The van der Waals surface area contributed by atoms with Crippen LogP contribution >= 0.6 is 11.6 Å². The Morgan fingerprint density at radius 2 is 1.93 bits per heavy atom. The van der Waals surface area contributed by atoms with Crippen LogP contribution in [0, 0.1) is 18.8 Å². The number of carbonyl (C=O) groups is 2. The fourth-order valence-corrected chi connectivity index (χ4v) is 3.18. The molecule has 2 rings (SSSR count). The van der Waals surface area contributed by atoms with Gasteiger partial charge in [-0.3, -0.25) is 9.59 Å². The van der Waals surface area contributed by atoms with E-state index in [4.69, 9.17) is 21.1 Å². The van der Waals surface area contributed by atoms with Gasteiger partial charge < -0.3 is 14.4 Å². The smallest absolute Gasteiger partial charge is 0.309 e. The van der Waals surface area contributed by atoms with Crippen molar-refractivity contribution in [2.45, 2.75) is 34.1 Å². The summed E-state index contributed by atoms with van der Waals surface area (Å²) in [5, 5.41) is 0.455. The minimum absolute atomic E-state index is 0.103. The van der Waals surface area contributed by atoms with E-state index < -0.39 is 0 Å². The maximum atomic E-state index is 12.7. The molecule has 27 heavy (non-hydrogen) atoms. The number of ketones is 1. The molecule has 0 bridgehead atoms. The molecule has 1 unspecified atom stereocenters. The number of Topliss-reactive ketones (excluding diaryl/α,β-unsaturated/α-hetero) is 1. The highest BCUT2D eigenvalue weighted by Gasteiger charge is 2.49. The van der Waals surface area contributed by atoms with Crippen molar-refractivity contribution in [1.82, 2.24) is 4.90 Å². The Morgan fingerprint density at radius 3 is 2.52 bits per heavy atom. The second-order valence-corrected chi connectivity index (χ2v) is 7.30. The Balaban J connectivity index is 1.97. The van der Waals surface area contributed by atoms with Crippen molar-refractivity contribution in [3.8, 4) is 5.75 Å². The summed E-state index contributed by atoms with van der Waals surface area (Å²) in [4.78, 5) is 27.1. The predicted molar refractivity (Wildman–Crippen MR) is 106 cm³/mol. The molecule has 1 fully saturated rings. The summed E-state index contributed by atoms with van der Waals surface area (Å²) in [6.07, 6.45) is 0.519. The maximum absolute atomic E-state index is 12.7. The average molecular weight is 394 g/mol. The third-order valence-corrected chi connectivity index (χ3v) is 5.23. The van der Waals surface area contributed by atoms with Crippen LogP contribution in [-0.2, 0) is 9.53 Å². The van der Waals surface area contributed by atoms with E-state index in [0.717, 1.165) is 18.7 Å². The van der Waals surface area contributed by atoms with Crippen molar-refractivity contribution in [1.29, 1.82) is 0 Å². The number of hydrogen-bond donors (Lipinski definition) is 0. The Hall–Kier alpha value is -1.85. The van der Waals surface area contributed by atoms with Crippen LogP contribution in [0.25, 0.3) is 0 Å². The first-order chi connectivity index (χ1) is 12.8. The lowest BCUT2D eigenvalue weighted by Crippen LogP contribution is -2.28. The Labute approximate surface area is 166 Å². The topological polar surface area (TPSA) is 55.8 Å². The lowest BCUT2D eigenvalue weighted by Gasteiger charge is -2.17. The van der Waals surface area contributed by atoms with Gasteiger partial charge in [-0.25, -0.2) is 0 Å². The van der Waals surface area contributed by atoms with Gasteiger partial charge in [0.25, 0.3) is 0 Å². The number of esters is 1. The zero-order valence-electron chi connectivity index (χ0n) is 16.5. The van der Waals surface area contributed by atoms with Gasteiger partial charge in [0.05, 0.1) is 11.7 Å². The molecule has 0 amide bonds. The number of allylic oxidation sites excluding steroid dienone is 1. The number of carbonyl (C=O) groups excluding carboxylic acids is 2. The molecule has 1 aromatic carbocycles. The molecule has 0 aliphatic heterocycles. The number of nitrogens with zero attached hydrogens (tertiary/aromatic N) is 1. The summed E-state index contributed by atoms with van der Waals surface area (Å²) < 4.78 is 10.9. The van der Waals surface area contributed by atoms with Crippen molar-refractivity contribution in [3.63, 3.8) is 0 Å². The third kappa shape index (κ3) is 5.56. The van der Waals surface area contributed by atoms with Gasteiger partial charge in [0.1, 0.15) is 12.4 Å². The molecule has 1 aromatic rings. The van der Waals surface area contributed by atoms with Gasteiger partial charge in [0.2, 0.25) is 0 Å². The molecule has 6 heteroatoms. The molecule has 148 valence electrons. The van der Waals surface area contributed by atoms with E-state index in [2.05, 4.69) is 25.3 Å². The standard InChI is InChI=1S/C21H28ClNO4/c1-6-23(7-2)8-9-26-21(25)17-12-16(17)20(24)15-10-18(22)14(5)19(11-15)27-13(3)4/h10-11,16-17H,3,6-9,12H2,1-2,4-5H3/t16-,17?/m0/s1. The highest BCUT2D eigenvalue weighted by Crippen LogP contribution is 2.43. The fourth-order valence-electron chi connectivity index (χ4n) is 2.97. The molecule has 1 aliphatic rings. The highest BCUT2D eigenvalue weighted by atomic mass is 35.5. The number of halogens is 1. The highest BCUT2D eigenvalue weighted by molar-refractivity contribution is 6.32. The maximum Gasteiger partial charge on any atom is 0.309 e. The van der Waals surface area contributed by atoms with Crippen molar-refractivity contribution in [3.05, 3.63) is 40.6 Å². The summed E-state index contributed by atoms with van der Waals surface area (Å²) in [7, 11) is 0. The normalized spacial score (nSPS) is 18.3. The summed E-state index contributed by atoms with van der Waals surface area (Å²) in [6.45, 7) is 14.3. The van der Waals surface area contributed by atoms with Gasteiger partial charge in [0.15, 0.2) is 5.78 Å². The molecule has 5 nitrogen and oxygen atoms in total. The van der Waals surface area contributed by atoms with Gasteiger partial charge in [-0.15, -0.1) is 0 Å². The van der Waals surface area contributed by atoms with E-state index in [1.807, 2.05) is 6.92 Å². The first kappa shape index (κ1) is 21.5. The van der Waals surface area contributed by atoms with E-state index in [1.54, 1.807) is 19.1 Å². The third-order valence-electron chi connectivity index (χ3n) is 4.84. The summed E-state index contributed by atoms with van der Waals surface area (Å²) >= 11 is 6.24. The molecule has 0 radical (unpaired) electrons. The van der Waals surface area contributed by atoms with Crippen LogP contribution < -0.4 is 4.74 Å². The zero-order valence-corrected chi connectivity index (χ0v) is 17.3. The summed E-state index contributed by atoms with van der Waals surface area (Å²) in [5.74, 6) is -0.0781. The molecule has 2 atom stereocenters. The number of likely N-dealkylation sites (N-methyl/N-ethyl adjacent to an activating group) is 1. The second kappa shape index (κ2) is 9.38. The SMILES string of the molecule is C=C(C)Oc1cc(C(=O)[C@H]2CC2C(=O)OCCN(CC)CC)cc(Cl)c1C. The van der Waals surface area contributed by atoms with Crippen molar-refractivity contribution in [2.75, 3.05) is 26.2 Å².